The van der Waals surface area contributed by atoms with Gasteiger partial charge in [0.1, 0.15) is 11.3 Å². The number of aromatic nitrogens is 2. The summed E-state index contributed by atoms with van der Waals surface area (Å²) in [7, 11) is 0. The first-order valence-corrected chi connectivity index (χ1v) is 5.96. The van der Waals surface area contributed by atoms with Crippen molar-refractivity contribution >= 4 is 27.5 Å². The highest BCUT2D eigenvalue weighted by molar-refractivity contribution is 9.10. The van der Waals surface area contributed by atoms with Gasteiger partial charge in [-0.15, -0.1) is 0 Å². The van der Waals surface area contributed by atoms with E-state index in [1.807, 2.05) is 12.1 Å². The molecule has 0 radical (unpaired) electrons. The Kier molecular flexibility index (Phi) is 3.44. The highest BCUT2D eigenvalue weighted by atomic mass is 79.9. The molecule has 0 aliphatic rings. The van der Waals surface area contributed by atoms with Gasteiger partial charge >= 0.3 is 0 Å². The van der Waals surface area contributed by atoms with E-state index in [0.717, 1.165) is 10.1 Å². The first-order chi connectivity index (χ1) is 8.13. The Hall–Kier alpha value is -1.40. The standard InChI is InChI=1S/C11H12BrN3O2/c1-7-10(11(17)13-4-5-16)15-6-8(12)2-3-9(15)14-7/h2-3,6,16H,4-5H2,1H3,(H,13,17). The van der Waals surface area contributed by atoms with Crippen molar-refractivity contribution in [2.45, 2.75) is 6.92 Å². The average Bonchev–Trinajstić information content (AvgIpc) is 2.61. The zero-order chi connectivity index (χ0) is 12.4. The van der Waals surface area contributed by atoms with E-state index in [9.17, 15) is 4.79 Å². The zero-order valence-corrected chi connectivity index (χ0v) is 10.9. The number of fused-ring (bicyclic) bond motifs is 1. The number of pyridine rings is 1. The van der Waals surface area contributed by atoms with E-state index in [2.05, 4.69) is 26.2 Å². The number of aliphatic hydroxyl groups excluding tert-OH is 1. The van der Waals surface area contributed by atoms with Crippen molar-refractivity contribution in [1.29, 1.82) is 0 Å². The molecule has 2 rings (SSSR count). The number of carbonyl (C=O) groups is 1. The normalized spacial score (nSPS) is 10.8. The van der Waals surface area contributed by atoms with Crippen molar-refractivity contribution in [3.05, 3.63) is 34.2 Å². The van der Waals surface area contributed by atoms with E-state index in [4.69, 9.17) is 5.11 Å². The van der Waals surface area contributed by atoms with Gasteiger partial charge in [0.15, 0.2) is 0 Å². The minimum Gasteiger partial charge on any atom is -0.395 e. The van der Waals surface area contributed by atoms with Crippen LogP contribution >= 0.6 is 15.9 Å². The molecule has 2 aromatic heterocycles. The lowest BCUT2D eigenvalue weighted by atomic mass is 10.3. The van der Waals surface area contributed by atoms with Crippen LogP contribution in [0.4, 0.5) is 0 Å². The number of nitrogens with one attached hydrogen (secondary N) is 1. The second kappa shape index (κ2) is 4.85. The zero-order valence-electron chi connectivity index (χ0n) is 9.27. The number of nitrogens with zero attached hydrogens (tertiary/aromatic N) is 2. The molecule has 5 nitrogen and oxygen atoms in total. The third-order valence-electron chi connectivity index (χ3n) is 2.37. The van der Waals surface area contributed by atoms with Gasteiger partial charge in [-0.05, 0) is 35.0 Å². The molecule has 6 heteroatoms. The third-order valence-corrected chi connectivity index (χ3v) is 2.84. The summed E-state index contributed by atoms with van der Waals surface area (Å²) in [6.07, 6.45) is 1.79. The molecule has 0 fully saturated rings. The van der Waals surface area contributed by atoms with Gasteiger partial charge in [-0.2, -0.15) is 0 Å². The van der Waals surface area contributed by atoms with E-state index in [1.54, 1.807) is 17.5 Å². The molecule has 0 aliphatic heterocycles. The molecule has 0 atom stereocenters. The SMILES string of the molecule is Cc1nc2ccc(Br)cn2c1C(=O)NCCO. The summed E-state index contributed by atoms with van der Waals surface area (Å²) in [5.74, 6) is -0.234. The lowest BCUT2D eigenvalue weighted by molar-refractivity contribution is 0.0938. The summed E-state index contributed by atoms with van der Waals surface area (Å²) in [6.45, 7) is 1.94. The van der Waals surface area contributed by atoms with Crippen molar-refractivity contribution in [2.24, 2.45) is 0 Å². The lowest BCUT2D eigenvalue weighted by Crippen LogP contribution is -2.28. The van der Waals surface area contributed by atoms with Crippen LogP contribution in [0.2, 0.25) is 0 Å². The molecular weight excluding hydrogens is 286 g/mol. The van der Waals surface area contributed by atoms with Crippen LogP contribution in [-0.4, -0.2) is 33.6 Å². The van der Waals surface area contributed by atoms with Crippen LogP contribution in [0.5, 0.6) is 0 Å². The van der Waals surface area contributed by atoms with Gasteiger partial charge in [0.05, 0.1) is 12.3 Å². The molecule has 0 spiro atoms. The maximum Gasteiger partial charge on any atom is 0.270 e. The molecule has 17 heavy (non-hydrogen) atoms. The van der Waals surface area contributed by atoms with Crippen molar-refractivity contribution in [1.82, 2.24) is 14.7 Å². The molecule has 2 aromatic rings. The second-order valence-corrected chi connectivity index (χ2v) is 4.52. The third kappa shape index (κ3) is 2.32. The Morgan fingerprint density at radius 1 is 1.59 bits per heavy atom. The Morgan fingerprint density at radius 3 is 3.06 bits per heavy atom. The van der Waals surface area contributed by atoms with E-state index < -0.39 is 0 Å². The molecule has 90 valence electrons. The highest BCUT2D eigenvalue weighted by Crippen LogP contribution is 2.16. The van der Waals surface area contributed by atoms with E-state index in [0.29, 0.717) is 11.4 Å². The number of rotatable bonds is 3. The number of hydrogen-bond acceptors (Lipinski definition) is 3. The van der Waals surface area contributed by atoms with E-state index >= 15 is 0 Å². The molecule has 2 heterocycles. The summed E-state index contributed by atoms with van der Waals surface area (Å²) in [6, 6.07) is 3.71. The quantitative estimate of drug-likeness (QED) is 0.892. The Balaban J connectivity index is 2.48. The number of amides is 1. The smallest absolute Gasteiger partial charge is 0.270 e. The Bertz CT molecular complexity index is 565. The molecule has 2 N–H and O–H groups in total. The average molecular weight is 298 g/mol. The molecule has 0 aliphatic carbocycles. The topological polar surface area (TPSA) is 66.6 Å². The van der Waals surface area contributed by atoms with Crippen molar-refractivity contribution in [3.8, 4) is 0 Å². The summed E-state index contributed by atoms with van der Waals surface area (Å²) >= 11 is 3.36. The van der Waals surface area contributed by atoms with Crippen LogP contribution in [0.25, 0.3) is 5.65 Å². The number of imidazole rings is 1. The molecule has 1 amide bonds. The summed E-state index contributed by atoms with van der Waals surface area (Å²) in [4.78, 5) is 16.2. The fourth-order valence-corrected chi connectivity index (χ4v) is 2.00. The summed E-state index contributed by atoms with van der Waals surface area (Å²) in [5.41, 5.74) is 1.88. The van der Waals surface area contributed by atoms with Gasteiger partial charge in [-0.25, -0.2) is 4.98 Å². The van der Waals surface area contributed by atoms with Crippen LogP contribution in [0.1, 0.15) is 16.2 Å². The molecule has 0 unspecified atom stereocenters. The number of aliphatic hydroxyl groups is 1. The minimum absolute atomic E-state index is 0.0782. The second-order valence-electron chi connectivity index (χ2n) is 3.60. The van der Waals surface area contributed by atoms with Gasteiger partial charge in [0.2, 0.25) is 0 Å². The first kappa shape index (κ1) is 12.1. The molecular formula is C11H12BrN3O2. The maximum absolute atomic E-state index is 11.9. The van der Waals surface area contributed by atoms with Gasteiger partial charge in [-0.1, -0.05) is 0 Å². The Morgan fingerprint density at radius 2 is 2.35 bits per heavy atom. The summed E-state index contributed by atoms with van der Waals surface area (Å²) < 4.78 is 2.60. The molecule has 0 aromatic carbocycles. The van der Waals surface area contributed by atoms with Gasteiger partial charge in [0.25, 0.3) is 5.91 Å². The van der Waals surface area contributed by atoms with Gasteiger partial charge in [0, 0.05) is 17.2 Å². The first-order valence-electron chi connectivity index (χ1n) is 5.16. The van der Waals surface area contributed by atoms with Crippen LogP contribution in [0.15, 0.2) is 22.8 Å². The van der Waals surface area contributed by atoms with Gasteiger partial charge < -0.3 is 10.4 Å². The monoisotopic (exact) mass is 297 g/mol. The number of hydrogen-bond donors (Lipinski definition) is 2. The molecule has 0 saturated heterocycles. The Labute approximate surface area is 107 Å². The van der Waals surface area contributed by atoms with Gasteiger partial charge in [-0.3, -0.25) is 9.20 Å². The number of carbonyl (C=O) groups excluding carboxylic acids is 1. The van der Waals surface area contributed by atoms with Crippen molar-refractivity contribution in [2.75, 3.05) is 13.2 Å². The summed E-state index contributed by atoms with van der Waals surface area (Å²) in [5, 5.41) is 11.3. The number of aryl methyl sites for hydroxylation is 1. The van der Waals surface area contributed by atoms with Crippen molar-refractivity contribution < 1.29 is 9.90 Å². The fourth-order valence-electron chi connectivity index (χ4n) is 1.66. The minimum atomic E-state index is -0.234. The van der Waals surface area contributed by atoms with E-state index in [1.165, 1.54) is 0 Å². The highest BCUT2D eigenvalue weighted by Gasteiger charge is 2.15. The molecule has 0 saturated carbocycles. The van der Waals surface area contributed by atoms with E-state index in [-0.39, 0.29) is 19.1 Å². The predicted octanol–water partition coefficient (Wildman–Crippen LogP) is 1.13. The van der Waals surface area contributed by atoms with Crippen LogP contribution in [0.3, 0.4) is 0 Å². The van der Waals surface area contributed by atoms with Crippen molar-refractivity contribution in [3.63, 3.8) is 0 Å². The van der Waals surface area contributed by atoms with Crippen LogP contribution in [-0.2, 0) is 0 Å². The lowest BCUT2D eigenvalue weighted by Gasteiger charge is -2.04. The fraction of sp³-hybridized carbons (Fsp3) is 0.273. The van der Waals surface area contributed by atoms with Crippen LogP contribution < -0.4 is 5.32 Å². The van der Waals surface area contributed by atoms with Crippen LogP contribution in [0, 0.1) is 6.92 Å². The molecule has 0 bridgehead atoms. The maximum atomic E-state index is 11.9. The number of halogens is 1. The largest absolute Gasteiger partial charge is 0.395 e. The predicted molar refractivity (Wildman–Crippen MR) is 67.0 cm³/mol.